The molecule has 0 bridgehead atoms. The summed E-state index contributed by atoms with van der Waals surface area (Å²) >= 11 is 0. The number of benzene rings is 2. The van der Waals surface area contributed by atoms with Crippen LogP contribution in [0.3, 0.4) is 0 Å². The van der Waals surface area contributed by atoms with Crippen molar-refractivity contribution in [1.29, 1.82) is 0 Å². The zero-order chi connectivity index (χ0) is 23.0. The number of nitrogens with zero attached hydrogens (tertiary/aromatic N) is 2. The summed E-state index contributed by atoms with van der Waals surface area (Å²) in [5.74, 6) is -0.274. The highest BCUT2D eigenvalue weighted by Gasteiger charge is 2.24. The third-order valence-electron chi connectivity index (χ3n) is 5.37. The molecule has 1 amide bonds. The van der Waals surface area contributed by atoms with Gasteiger partial charge in [0, 0.05) is 37.8 Å². The first-order valence-corrected chi connectivity index (χ1v) is 12.1. The number of non-ortho nitro benzene ring substituents is 1. The van der Waals surface area contributed by atoms with Crippen molar-refractivity contribution in [2.24, 2.45) is 0 Å². The molecule has 0 atom stereocenters. The maximum Gasteiger partial charge on any atom is 0.269 e. The number of rotatable bonds is 8. The van der Waals surface area contributed by atoms with E-state index in [4.69, 9.17) is 0 Å². The first kappa shape index (κ1) is 23.6. The van der Waals surface area contributed by atoms with Crippen LogP contribution in [0, 0.1) is 10.1 Å². The number of hydrogen-bond donors (Lipinski definition) is 1. The maximum atomic E-state index is 12.8. The smallest absolute Gasteiger partial charge is 0.269 e. The number of sulfonamides is 1. The predicted octanol–water partition coefficient (Wildman–Crippen LogP) is 3.53. The van der Waals surface area contributed by atoms with Crippen molar-refractivity contribution in [2.45, 2.75) is 37.0 Å². The zero-order valence-corrected chi connectivity index (χ0v) is 18.6. The molecule has 9 heteroatoms. The molecule has 1 aliphatic rings. The minimum atomic E-state index is -3.46. The van der Waals surface area contributed by atoms with Crippen LogP contribution in [0.2, 0.25) is 0 Å². The molecule has 0 radical (unpaired) electrons. The molecular formula is C23H27N3O5S. The average molecular weight is 458 g/mol. The lowest BCUT2D eigenvalue weighted by atomic mass is 10.1. The fourth-order valence-electron chi connectivity index (χ4n) is 3.53. The number of nitrogens with one attached hydrogen (secondary N) is 1. The minimum Gasteiger partial charge on any atom is -0.352 e. The molecule has 32 heavy (non-hydrogen) atoms. The highest BCUT2D eigenvalue weighted by Crippen LogP contribution is 2.20. The Balaban J connectivity index is 1.48. The lowest BCUT2D eigenvalue weighted by Crippen LogP contribution is -2.31. The second-order valence-electron chi connectivity index (χ2n) is 7.69. The molecular weight excluding hydrogens is 430 g/mol. The number of carbonyl (C=O) groups excluding carboxylic acids is 1. The van der Waals surface area contributed by atoms with Gasteiger partial charge < -0.3 is 5.32 Å². The van der Waals surface area contributed by atoms with Crippen molar-refractivity contribution in [3.05, 3.63) is 75.8 Å². The Kier molecular flexibility index (Phi) is 8.13. The summed E-state index contributed by atoms with van der Waals surface area (Å²) in [7, 11) is -3.46. The van der Waals surface area contributed by atoms with Gasteiger partial charge in [-0.05, 0) is 60.7 Å². The summed E-state index contributed by atoms with van der Waals surface area (Å²) in [6.07, 6.45) is 7.46. The molecule has 2 aromatic rings. The normalized spacial score (nSPS) is 15.4. The molecule has 0 aromatic heterocycles. The van der Waals surface area contributed by atoms with Gasteiger partial charge in [0.05, 0.1) is 9.82 Å². The average Bonchev–Trinajstić information content (AvgIpc) is 3.09. The van der Waals surface area contributed by atoms with Crippen LogP contribution < -0.4 is 5.32 Å². The predicted molar refractivity (Wildman–Crippen MR) is 123 cm³/mol. The summed E-state index contributed by atoms with van der Waals surface area (Å²) in [6.45, 7) is 1.55. The highest BCUT2D eigenvalue weighted by molar-refractivity contribution is 7.89. The molecule has 1 N–H and O–H groups in total. The van der Waals surface area contributed by atoms with Gasteiger partial charge in [0.25, 0.3) is 5.69 Å². The van der Waals surface area contributed by atoms with Crippen molar-refractivity contribution in [2.75, 3.05) is 19.6 Å². The Labute approximate surface area is 188 Å². The Hall–Kier alpha value is -3.04. The Morgan fingerprint density at radius 2 is 1.62 bits per heavy atom. The van der Waals surface area contributed by atoms with Gasteiger partial charge in [0.1, 0.15) is 0 Å². The van der Waals surface area contributed by atoms with Crippen molar-refractivity contribution in [3.8, 4) is 0 Å². The molecule has 0 saturated carbocycles. The van der Waals surface area contributed by atoms with Crippen molar-refractivity contribution < 1.29 is 18.1 Å². The van der Waals surface area contributed by atoms with Crippen molar-refractivity contribution >= 4 is 27.7 Å². The van der Waals surface area contributed by atoms with E-state index in [9.17, 15) is 23.3 Å². The van der Waals surface area contributed by atoms with Gasteiger partial charge in [-0.1, -0.05) is 25.0 Å². The number of amides is 1. The van der Waals surface area contributed by atoms with E-state index in [2.05, 4.69) is 5.32 Å². The molecule has 0 aliphatic carbocycles. The monoisotopic (exact) mass is 457 g/mol. The number of nitro benzene ring substituents is 1. The Bertz CT molecular complexity index is 1060. The molecule has 8 nitrogen and oxygen atoms in total. The van der Waals surface area contributed by atoms with E-state index in [1.807, 2.05) is 0 Å². The van der Waals surface area contributed by atoms with E-state index in [1.165, 1.54) is 18.2 Å². The van der Waals surface area contributed by atoms with Crippen LogP contribution in [-0.4, -0.2) is 43.2 Å². The molecule has 1 fully saturated rings. The SMILES string of the molecule is O=C(/C=C/c1ccc([N+](=O)[O-])cc1)NCCc1ccc(S(=O)(=O)N2CCCCCC2)cc1. The minimum absolute atomic E-state index is 0.00292. The largest absolute Gasteiger partial charge is 0.352 e. The van der Waals surface area contributed by atoms with E-state index < -0.39 is 14.9 Å². The van der Waals surface area contributed by atoms with Crippen LogP contribution in [-0.2, 0) is 21.2 Å². The molecule has 1 aliphatic heterocycles. The van der Waals surface area contributed by atoms with Gasteiger partial charge in [-0.3, -0.25) is 14.9 Å². The van der Waals surface area contributed by atoms with E-state index in [-0.39, 0.29) is 11.6 Å². The van der Waals surface area contributed by atoms with Crippen LogP contribution in [0.15, 0.2) is 59.5 Å². The third kappa shape index (κ3) is 6.48. The van der Waals surface area contributed by atoms with Crippen molar-refractivity contribution in [1.82, 2.24) is 9.62 Å². The van der Waals surface area contributed by atoms with Gasteiger partial charge in [-0.2, -0.15) is 4.31 Å². The number of hydrogen-bond acceptors (Lipinski definition) is 5. The summed E-state index contributed by atoms with van der Waals surface area (Å²) < 4.78 is 27.2. The molecule has 0 spiro atoms. The zero-order valence-electron chi connectivity index (χ0n) is 17.8. The molecule has 1 saturated heterocycles. The first-order valence-electron chi connectivity index (χ1n) is 10.7. The first-order chi connectivity index (χ1) is 15.4. The summed E-state index contributed by atoms with van der Waals surface area (Å²) in [6, 6.07) is 12.7. The number of carbonyl (C=O) groups is 1. The molecule has 1 heterocycles. The number of nitro groups is 1. The molecule has 3 rings (SSSR count). The van der Waals surface area contributed by atoms with Gasteiger partial charge in [0.15, 0.2) is 0 Å². The Morgan fingerprint density at radius 3 is 2.22 bits per heavy atom. The van der Waals surface area contributed by atoms with Gasteiger partial charge in [0.2, 0.25) is 15.9 Å². The molecule has 0 unspecified atom stereocenters. The summed E-state index contributed by atoms with van der Waals surface area (Å²) in [5, 5.41) is 13.4. The van der Waals surface area contributed by atoms with E-state index >= 15 is 0 Å². The lowest BCUT2D eigenvalue weighted by Gasteiger charge is -2.20. The van der Waals surface area contributed by atoms with Crippen LogP contribution in [0.5, 0.6) is 0 Å². The Morgan fingerprint density at radius 1 is 1.00 bits per heavy atom. The van der Waals surface area contributed by atoms with E-state index in [1.54, 1.807) is 46.8 Å². The summed E-state index contributed by atoms with van der Waals surface area (Å²) in [5.41, 5.74) is 1.61. The van der Waals surface area contributed by atoms with Crippen LogP contribution in [0.25, 0.3) is 6.08 Å². The standard InChI is InChI=1S/C23H27N3O5S/c27-23(14-9-19-5-10-21(11-6-19)26(28)29)24-16-15-20-7-12-22(13-8-20)32(30,31)25-17-3-1-2-4-18-25/h5-14H,1-4,15-18H2,(H,24,27)/b14-9+. The maximum absolute atomic E-state index is 12.8. The third-order valence-corrected chi connectivity index (χ3v) is 7.28. The molecule has 2 aromatic carbocycles. The molecule has 170 valence electrons. The van der Waals surface area contributed by atoms with Gasteiger partial charge in [-0.25, -0.2) is 8.42 Å². The van der Waals surface area contributed by atoms with E-state index in [0.717, 1.165) is 31.2 Å². The summed E-state index contributed by atoms with van der Waals surface area (Å²) in [4.78, 5) is 22.5. The topological polar surface area (TPSA) is 110 Å². The highest BCUT2D eigenvalue weighted by atomic mass is 32.2. The second kappa shape index (κ2) is 11.0. The van der Waals surface area contributed by atoms with Crippen molar-refractivity contribution in [3.63, 3.8) is 0 Å². The second-order valence-corrected chi connectivity index (χ2v) is 9.62. The quantitative estimate of drug-likeness (QED) is 0.370. The van der Waals surface area contributed by atoms with Crippen LogP contribution in [0.4, 0.5) is 5.69 Å². The van der Waals surface area contributed by atoms with Gasteiger partial charge >= 0.3 is 0 Å². The fourth-order valence-corrected chi connectivity index (χ4v) is 5.04. The van der Waals surface area contributed by atoms with Crippen LogP contribution in [0.1, 0.15) is 36.8 Å². The van der Waals surface area contributed by atoms with E-state index in [0.29, 0.717) is 36.5 Å². The fraction of sp³-hybridized carbons (Fsp3) is 0.348. The van der Waals surface area contributed by atoms with Gasteiger partial charge in [-0.15, -0.1) is 0 Å². The van der Waals surface area contributed by atoms with Crippen LogP contribution >= 0.6 is 0 Å². The lowest BCUT2D eigenvalue weighted by molar-refractivity contribution is -0.384.